The number of phenols is 1. The van der Waals surface area contributed by atoms with E-state index in [9.17, 15) is 9.90 Å². The number of aldehydes is 1. The molecule has 0 fully saturated rings. The highest BCUT2D eigenvalue weighted by Gasteiger charge is 2.16. The number of carbonyl (C=O) groups excluding carboxylic acids is 1. The van der Waals surface area contributed by atoms with E-state index in [1.165, 1.54) is 0 Å². The summed E-state index contributed by atoms with van der Waals surface area (Å²) in [4.78, 5) is 11.1. The van der Waals surface area contributed by atoms with Crippen LogP contribution in [0.1, 0.15) is 40.7 Å². The number of rotatable bonds is 4. The van der Waals surface area contributed by atoms with Gasteiger partial charge in [-0.25, -0.2) is 0 Å². The van der Waals surface area contributed by atoms with Crippen molar-refractivity contribution in [3.05, 3.63) is 34.7 Å². The van der Waals surface area contributed by atoms with Gasteiger partial charge in [-0.2, -0.15) is 0 Å². The first-order valence-corrected chi connectivity index (χ1v) is 6.32. The summed E-state index contributed by atoms with van der Waals surface area (Å²) in [5.74, 6) is 0.787. The molecule has 0 aliphatic heterocycles. The molecule has 0 atom stereocenters. The fraction of sp³-hybridized carbons (Fsp3) is 0.333. The van der Waals surface area contributed by atoms with E-state index in [0.717, 1.165) is 35.2 Å². The minimum atomic E-state index is 0.0763. The molecule has 1 heterocycles. The molecule has 2 aromatic rings. The average molecular weight is 259 g/mol. The van der Waals surface area contributed by atoms with Crippen LogP contribution in [0.2, 0.25) is 0 Å². The molecule has 0 saturated heterocycles. The van der Waals surface area contributed by atoms with Gasteiger partial charge in [0.1, 0.15) is 11.5 Å². The van der Waals surface area contributed by atoms with E-state index in [-0.39, 0.29) is 5.75 Å². The van der Waals surface area contributed by atoms with Crippen LogP contribution in [0.5, 0.6) is 5.75 Å². The Morgan fingerprint density at radius 2 is 2.11 bits per heavy atom. The van der Waals surface area contributed by atoms with Gasteiger partial charge in [-0.3, -0.25) is 4.79 Å². The number of hydrogen-bond acceptors (Lipinski definition) is 4. The van der Waals surface area contributed by atoms with E-state index in [4.69, 9.17) is 4.52 Å². The second-order valence-corrected chi connectivity index (χ2v) is 4.64. The second kappa shape index (κ2) is 5.26. The Morgan fingerprint density at radius 3 is 2.63 bits per heavy atom. The van der Waals surface area contributed by atoms with E-state index >= 15 is 0 Å². The van der Waals surface area contributed by atoms with E-state index in [2.05, 4.69) is 5.16 Å². The van der Waals surface area contributed by atoms with Crippen LogP contribution in [0.4, 0.5) is 0 Å². The highest BCUT2D eigenvalue weighted by Crippen LogP contribution is 2.33. The molecule has 2 rings (SSSR count). The van der Waals surface area contributed by atoms with Gasteiger partial charge in [-0.05, 0) is 43.5 Å². The first-order valence-electron chi connectivity index (χ1n) is 6.32. The van der Waals surface area contributed by atoms with Crippen molar-refractivity contribution >= 4 is 6.29 Å². The minimum absolute atomic E-state index is 0.0763. The first-order chi connectivity index (χ1) is 9.08. The molecule has 100 valence electrons. The molecule has 19 heavy (non-hydrogen) atoms. The Hall–Kier alpha value is -2.10. The molecule has 0 aliphatic carbocycles. The minimum Gasteiger partial charge on any atom is -0.507 e. The van der Waals surface area contributed by atoms with Gasteiger partial charge < -0.3 is 9.63 Å². The van der Waals surface area contributed by atoms with Crippen molar-refractivity contribution in [2.75, 3.05) is 0 Å². The quantitative estimate of drug-likeness (QED) is 0.854. The maximum Gasteiger partial charge on any atom is 0.153 e. The normalized spacial score (nSPS) is 10.7. The fourth-order valence-electron chi connectivity index (χ4n) is 2.31. The highest BCUT2D eigenvalue weighted by atomic mass is 16.5. The average Bonchev–Trinajstić information content (AvgIpc) is 2.72. The smallest absolute Gasteiger partial charge is 0.153 e. The van der Waals surface area contributed by atoms with Crippen LogP contribution in [0.25, 0.3) is 11.1 Å². The van der Waals surface area contributed by atoms with Crippen molar-refractivity contribution in [2.24, 2.45) is 0 Å². The molecule has 0 aliphatic rings. The van der Waals surface area contributed by atoms with Crippen LogP contribution in [0.3, 0.4) is 0 Å². The Kier molecular flexibility index (Phi) is 3.69. The van der Waals surface area contributed by atoms with E-state index in [1.54, 1.807) is 6.07 Å². The Labute approximate surface area is 112 Å². The Balaban J connectivity index is 2.64. The van der Waals surface area contributed by atoms with Crippen LogP contribution in [-0.4, -0.2) is 16.5 Å². The van der Waals surface area contributed by atoms with Gasteiger partial charge in [0.15, 0.2) is 6.29 Å². The molecule has 1 N–H and O–H groups in total. The molecule has 0 bridgehead atoms. The summed E-state index contributed by atoms with van der Waals surface area (Å²) < 4.78 is 5.15. The van der Waals surface area contributed by atoms with Crippen LogP contribution in [-0.2, 0) is 6.42 Å². The molecule has 0 amide bonds. The first kappa shape index (κ1) is 13.3. The Bertz CT molecular complexity index is 595. The predicted molar refractivity (Wildman–Crippen MR) is 72.5 cm³/mol. The Morgan fingerprint density at radius 1 is 1.37 bits per heavy atom. The van der Waals surface area contributed by atoms with Crippen LogP contribution < -0.4 is 0 Å². The molecule has 0 saturated carbocycles. The van der Waals surface area contributed by atoms with Crippen LogP contribution in [0.15, 0.2) is 16.7 Å². The van der Waals surface area contributed by atoms with Crippen LogP contribution >= 0.6 is 0 Å². The molecule has 4 nitrogen and oxygen atoms in total. The maximum atomic E-state index is 11.1. The lowest BCUT2D eigenvalue weighted by Crippen LogP contribution is -1.93. The van der Waals surface area contributed by atoms with Crippen molar-refractivity contribution in [2.45, 2.75) is 33.6 Å². The summed E-state index contributed by atoms with van der Waals surface area (Å²) in [6, 6.07) is 3.58. The van der Waals surface area contributed by atoms with Gasteiger partial charge in [0.2, 0.25) is 0 Å². The zero-order chi connectivity index (χ0) is 14.0. The largest absolute Gasteiger partial charge is 0.507 e. The summed E-state index contributed by atoms with van der Waals surface area (Å²) in [5.41, 5.74) is 3.62. The lowest BCUT2D eigenvalue weighted by atomic mass is 9.96. The van der Waals surface area contributed by atoms with Gasteiger partial charge in [0.25, 0.3) is 0 Å². The molecule has 0 unspecified atom stereocenters. The van der Waals surface area contributed by atoms with E-state index in [0.29, 0.717) is 17.6 Å². The topological polar surface area (TPSA) is 63.3 Å². The van der Waals surface area contributed by atoms with E-state index in [1.807, 2.05) is 26.8 Å². The lowest BCUT2D eigenvalue weighted by Gasteiger charge is -2.09. The van der Waals surface area contributed by atoms with Crippen molar-refractivity contribution in [1.29, 1.82) is 0 Å². The number of aromatic hydroxyl groups is 1. The van der Waals surface area contributed by atoms with E-state index < -0.39 is 0 Å². The number of benzene rings is 1. The summed E-state index contributed by atoms with van der Waals surface area (Å²) >= 11 is 0. The standard InChI is InChI=1S/C15H17NO3/c1-4-5-11-6-12(7-13(8-17)15(11)18)14-9(2)16-19-10(14)3/h6-8,18H,4-5H2,1-3H3. The number of nitrogens with zero attached hydrogens (tertiary/aromatic N) is 1. The summed E-state index contributed by atoms with van der Waals surface area (Å²) in [7, 11) is 0. The molecule has 0 spiro atoms. The van der Waals surface area contributed by atoms with Gasteiger partial charge in [-0.1, -0.05) is 18.5 Å². The number of carbonyl (C=O) groups is 1. The molecule has 1 aromatic heterocycles. The second-order valence-electron chi connectivity index (χ2n) is 4.64. The SMILES string of the molecule is CCCc1cc(-c2c(C)noc2C)cc(C=O)c1O. The number of phenolic OH excluding ortho intramolecular Hbond substituents is 1. The fourth-order valence-corrected chi connectivity index (χ4v) is 2.31. The van der Waals surface area contributed by atoms with Crippen molar-refractivity contribution in [1.82, 2.24) is 5.16 Å². The monoisotopic (exact) mass is 259 g/mol. The predicted octanol–water partition coefficient (Wildman–Crippen LogP) is 3.43. The van der Waals surface area contributed by atoms with Gasteiger partial charge in [0, 0.05) is 5.56 Å². The number of hydrogen-bond donors (Lipinski definition) is 1. The van der Waals surface area contributed by atoms with Gasteiger partial charge in [-0.15, -0.1) is 0 Å². The summed E-state index contributed by atoms with van der Waals surface area (Å²) in [5, 5.41) is 13.9. The molecular formula is C15H17NO3. The summed E-state index contributed by atoms with van der Waals surface area (Å²) in [6.45, 7) is 5.73. The van der Waals surface area contributed by atoms with Crippen LogP contribution in [0, 0.1) is 13.8 Å². The van der Waals surface area contributed by atoms with Crippen molar-refractivity contribution < 1.29 is 14.4 Å². The summed E-state index contributed by atoms with van der Waals surface area (Å²) in [6.07, 6.45) is 2.30. The van der Waals surface area contributed by atoms with Gasteiger partial charge in [0.05, 0.1) is 11.3 Å². The third-order valence-corrected chi connectivity index (χ3v) is 3.19. The molecule has 0 radical (unpaired) electrons. The lowest BCUT2D eigenvalue weighted by molar-refractivity contribution is 0.112. The highest BCUT2D eigenvalue weighted by molar-refractivity contribution is 5.84. The number of aromatic nitrogens is 1. The molecular weight excluding hydrogens is 242 g/mol. The van der Waals surface area contributed by atoms with Crippen molar-refractivity contribution in [3.63, 3.8) is 0 Å². The van der Waals surface area contributed by atoms with Crippen molar-refractivity contribution in [3.8, 4) is 16.9 Å². The third-order valence-electron chi connectivity index (χ3n) is 3.19. The third kappa shape index (κ3) is 2.38. The molecule has 4 heteroatoms. The zero-order valence-electron chi connectivity index (χ0n) is 11.4. The molecule has 1 aromatic carbocycles. The maximum absolute atomic E-state index is 11.1. The number of aryl methyl sites for hydroxylation is 3. The zero-order valence-corrected chi connectivity index (χ0v) is 11.4. The van der Waals surface area contributed by atoms with Gasteiger partial charge >= 0.3 is 0 Å².